The fourth-order valence-electron chi connectivity index (χ4n) is 1.40. The van der Waals surface area contributed by atoms with E-state index in [0.29, 0.717) is 0 Å². The molecule has 0 radical (unpaired) electrons. The lowest BCUT2D eigenvalue weighted by atomic mass is 10.2. The number of hydrogen-bond donors (Lipinski definition) is 3. The first-order valence-corrected chi connectivity index (χ1v) is 7.67. The molecule has 19 heavy (non-hydrogen) atoms. The first-order valence-electron chi connectivity index (χ1n) is 5.40. The van der Waals surface area contributed by atoms with Crippen LogP contribution in [-0.4, -0.2) is 37.2 Å². The van der Waals surface area contributed by atoms with Crippen molar-refractivity contribution >= 4 is 31.9 Å². The van der Waals surface area contributed by atoms with Gasteiger partial charge in [0.2, 0.25) is 10.0 Å². The van der Waals surface area contributed by atoms with Crippen molar-refractivity contribution in [2.45, 2.75) is 24.3 Å². The summed E-state index contributed by atoms with van der Waals surface area (Å²) < 4.78 is 26.8. The molecular formula is C11H14BrNO5S. The van der Waals surface area contributed by atoms with Gasteiger partial charge in [-0.3, -0.25) is 4.79 Å². The number of aliphatic hydroxyl groups is 1. The third kappa shape index (κ3) is 4.27. The van der Waals surface area contributed by atoms with E-state index in [4.69, 9.17) is 10.2 Å². The van der Waals surface area contributed by atoms with Crippen LogP contribution >= 0.6 is 15.9 Å². The molecule has 0 saturated carbocycles. The van der Waals surface area contributed by atoms with E-state index >= 15 is 0 Å². The number of carboxylic acids is 1. The van der Waals surface area contributed by atoms with Crippen molar-refractivity contribution in [3.63, 3.8) is 0 Å². The Morgan fingerprint density at radius 3 is 2.58 bits per heavy atom. The molecule has 1 aromatic carbocycles. The monoisotopic (exact) mass is 351 g/mol. The molecule has 0 bridgehead atoms. The fourth-order valence-corrected chi connectivity index (χ4v) is 2.96. The summed E-state index contributed by atoms with van der Waals surface area (Å²) in [6.45, 7) is 1.31. The van der Waals surface area contributed by atoms with Crippen LogP contribution in [0.1, 0.15) is 12.0 Å². The Morgan fingerprint density at radius 1 is 1.47 bits per heavy atom. The summed E-state index contributed by atoms with van der Waals surface area (Å²) in [4.78, 5) is 10.9. The van der Waals surface area contributed by atoms with Crippen molar-refractivity contribution in [2.24, 2.45) is 0 Å². The maximum atomic E-state index is 12.0. The number of sulfonamides is 1. The van der Waals surface area contributed by atoms with Crippen LogP contribution in [0.5, 0.6) is 0 Å². The molecule has 0 aliphatic rings. The lowest BCUT2D eigenvalue weighted by Crippen LogP contribution is -2.41. The summed E-state index contributed by atoms with van der Waals surface area (Å²) in [5.74, 6) is -1.33. The van der Waals surface area contributed by atoms with Gasteiger partial charge in [-0.1, -0.05) is 15.9 Å². The molecule has 0 aliphatic carbocycles. The Kier molecular flexibility index (Phi) is 5.48. The van der Waals surface area contributed by atoms with Crippen molar-refractivity contribution in [2.75, 3.05) is 6.61 Å². The minimum Gasteiger partial charge on any atom is -0.480 e. The van der Waals surface area contributed by atoms with Crippen molar-refractivity contribution < 1.29 is 23.4 Å². The van der Waals surface area contributed by atoms with Gasteiger partial charge in [0.05, 0.1) is 4.90 Å². The number of nitrogens with one attached hydrogen (secondary N) is 1. The first-order chi connectivity index (χ1) is 8.77. The minimum absolute atomic E-state index is 0.0163. The predicted molar refractivity (Wildman–Crippen MR) is 72.3 cm³/mol. The van der Waals surface area contributed by atoms with Crippen LogP contribution in [0.25, 0.3) is 0 Å². The molecule has 0 fully saturated rings. The highest BCUT2D eigenvalue weighted by Gasteiger charge is 2.25. The molecule has 0 aromatic heterocycles. The lowest BCUT2D eigenvalue weighted by Gasteiger charge is -2.14. The lowest BCUT2D eigenvalue weighted by molar-refractivity contribution is -0.139. The quantitative estimate of drug-likeness (QED) is 0.705. The molecule has 106 valence electrons. The molecule has 8 heteroatoms. The molecule has 0 aliphatic heterocycles. The molecule has 6 nitrogen and oxygen atoms in total. The summed E-state index contributed by atoms with van der Waals surface area (Å²) in [5, 5.41) is 17.6. The molecule has 0 heterocycles. The molecule has 0 saturated heterocycles. The number of rotatable bonds is 6. The molecule has 1 rings (SSSR count). The van der Waals surface area contributed by atoms with Gasteiger partial charge in [0.25, 0.3) is 0 Å². The molecule has 1 atom stereocenters. The van der Waals surface area contributed by atoms with Crippen molar-refractivity contribution in [1.29, 1.82) is 0 Å². The summed E-state index contributed by atoms with van der Waals surface area (Å²) >= 11 is 3.25. The summed E-state index contributed by atoms with van der Waals surface area (Å²) in [6.07, 6.45) is -0.190. The van der Waals surface area contributed by atoms with Gasteiger partial charge in [-0.05, 0) is 37.1 Å². The number of hydrogen-bond acceptors (Lipinski definition) is 4. The van der Waals surface area contributed by atoms with E-state index in [1.807, 2.05) is 0 Å². The zero-order valence-corrected chi connectivity index (χ0v) is 12.5. The fraction of sp³-hybridized carbons (Fsp3) is 0.364. The molecule has 1 aromatic rings. The SMILES string of the molecule is Cc1cc(S(=O)(=O)NC(CCO)C(=O)O)ccc1Br. The Balaban J connectivity index is 3.03. The molecule has 0 amide bonds. The summed E-state index contributed by atoms with van der Waals surface area (Å²) in [7, 11) is -3.93. The van der Waals surface area contributed by atoms with Gasteiger partial charge < -0.3 is 10.2 Å². The smallest absolute Gasteiger partial charge is 0.321 e. The van der Waals surface area contributed by atoms with Crippen LogP contribution in [-0.2, 0) is 14.8 Å². The maximum Gasteiger partial charge on any atom is 0.321 e. The van der Waals surface area contributed by atoms with E-state index in [1.165, 1.54) is 12.1 Å². The molecule has 1 unspecified atom stereocenters. The summed E-state index contributed by atoms with van der Waals surface area (Å²) in [6, 6.07) is 3.03. The zero-order chi connectivity index (χ0) is 14.6. The van der Waals surface area contributed by atoms with Crippen LogP contribution in [0.15, 0.2) is 27.6 Å². The van der Waals surface area contributed by atoms with Crippen LogP contribution in [0.3, 0.4) is 0 Å². The number of halogens is 1. The standard InChI is InChI=1S/C11H14BrNO5S/c1-7-6-8(2-3-9(7)12)19(17,18)13-10(4-5-14)11(15)16/h2-3,6,10,13-14H,4-5H2,1H3,(H,15,16). The van der Waals surface area contributed by atoms with Crippen LogP contribution < -0.4 is 4.72 Å². The van der Waals surface area contributed by atoms with Gasteiger partial charge in [0.1, 0.15) is 6.04 Å². The number of aryl methyl sites for hydroxylation is 1. The van der Waals surface area contributed by atoms with E-state index in [1.54, 1.807) is 13.0 Å². The van der Waals surface area contributed by atoms with Gasteiger partial charge in [-0.25, -0.2) is 8.42 Å². The molecule has 0 spiro atoms. The molecule has 3 N–H and O–H groups in total. The average molecular weight is 352 g/mol. The van der Waals surface area contributed by atoms with Gasteiger partial charge in [0.15, 0.2) is 0 Å². The van der Waals surface area contributed by atoms with Gasteiger partial charge in [0, 0.05) is 11.1 Å². The van der Waals surface area contributed by atoms with Gasteiger partial charge in [-0.2, -0.15) is 4.72 Å². The largest absolute Gasteiger partial charge is 0.480 e. The number of aliphatic carboxylic acids is 1. The number of carboxylic acid groups (broad SMARTS) is 1. The van der Waals surface area contributed by atoms with E-state index in [-0.39, 0.29) is 11.3 Å². The van der Waals surface area contributed by atoms with Crippen molar-refractivity contribution in [1.82, 2.24) is 4.72 Å². The van der Waals surface area contributed by atoms with E-state index in [2.05, 4.69) is 20.7 Å². The van der Waals surface area contributed by atoms with Crippen LogP contribution in [0.2, 0.25) is 0 Å². The maximum absolute atomic E-state index is 12.0. The van der Waals surface area contributed by atoms with Crippen molar-refractivity contribution in [3.05, 3.63) is 28.2 Å². The Bertz CT molecular complexity index is 572. The molecular weight excluding hydrogens is 338 g/mol. The second kappa shape index (κ2) is 6.47. The second-order valence-corrected chi connectivity index (χ2v) is 6.50. The van der Waals surface area contributed by atoms with E-state index < -0.39 is 28.6 Å². The zero-order valence-electron chi connectivity index (χ0n) is 10.1. The number of carbonyl (C=O) groups is 1. The van der Waals surface area contributed by atoms with Gasteiger partial charge >= 0.3 is 5.97 Å². The van der Waals surface area contributed by atoms with E-state index in [0.717, 1.165) is 10.0 Å². The van der Waals surface area contributed by atoms with Crippen LogP contribution in [0.4, 0.5) is 0 Å². The summed E-state index contributed by atoms with van der Waals surface area (Å²) in [5.41, 5.74) is 0.719. The minimum atomic E-state index is -3.93. The Labute approximate surface area is 119 Å². The highest BCUT2D eigenvalue weighted by atomic mass is 79.9. The second-order valence-electron chi connectivity index (χ2n) is 3.94. The van der Waals surface area contributed by atoms with Crippen LogP contribution in [0, 0.1) is 6.92 Å². The average Bonchev–Trinajstić information content (AvgIpc) is 2.31. The normalized spacial score (nSPS) is 13.2. The van der Waals surface area contributed by atoms with Crippen molar-refractivity contribution in [3.8, 4) is 0 Å². The van der Waals surface area contributed by atoms with E-state index in [9.17, 15) is 13.2 Å². The Hall–Kier alpha value is -0.960. The third-order valence-corrected chi connectivity index (χ3v) is 4.81. The number of benzene rings is 1. The van der Waals surface area contributed by atoms with Gasteiger partial charge in [-0.15, -0.1) is 0 Å². The third-order valence-electron chi connectivity index (χ3n) is 2.45. The predicted octanol–water partition coefficient (Wildman–Crippen LogP) is 0.871. The topological polar surface area (TPSA) is 104 Å². The first kappa shape index (κ1) is 16.1. The highest BCUT2D eigenvalue weighted by molar-refractivity contribution is 9.10. The Morgan fingerprint density at radius 2 is 2.11 bits per heavy atom. The number of aliphatic hydroxyl groups excluding tert-OH is 1. The highest BCUT2D eigenvalue weighted by Crippen LogP contribution is 2.20.